The van der Waals surface area contributed by atoms with Gasteiger partial charge in [0.2, 0.25) is 0 Å². The largest absolute Gasteiger partial charge is 0.507 e. The number of hydrogen-bond donors (Lipinski definition) is 1. The zero-order chi connectivity index (χ0) is 22.3. The van der Waals surface area contributed by atoms with Crippen LogP contribution in [0.15, 0.2) is 23.5 Å². The first-order chi connectivity index (χ1) is 15.1. The number of allylic oxidation sites excluding steroid dienone is 2. The van der Waals surface area contributed by atoms with Crippen LogP contribution in [0.3, 0.4) is 0 Å². The third kappa shape index (κ3) is 10.1. The fraction of sp³-hybridized carbons (Fsp3) is 0.778. The van der Waals surface area contributed by atoms with Gasteiger partial charge in [-0.2, -0.15) is 0 Å². The van der Waals surface area contributed by atoms with Crippen LogP contribution in [-0.2, 0) is 9.59 Å². The van der Waals surface area contributed by atoms with Crippen molar-refractivity contribution in [1.29, 1.82) is 0 Å². The van der Waals surface area contributed by atoms with Gasteiger partial charge in [0.1, 0.15) is 11.3 Å². The Balaban J connectivity index is 1.41. The number of amides is 1. The predicted octanol–water partition coefficient (Wildman–Crippen LogP) is 7.19. The van der Waals surface area contributed by atoms with E-state index < -0.39 is 0 Å². The maximum atomic E-state index is 12.3. The van der Waals surface area contributed by atoms with Gasteiger partial charge in [-0.05, 0) is 31.8 Å². The summed E-state index contributed by atoms with van der Waals surface area (Å²) in [5.74, 6) is -0.688. The van der Waals surface area contributed by atoms with Crippen molar-refractivity contribution in [3.8, 4) is 0 Å². The Bertz CT molecular complexity index is 604. The van der Waals surface area contributed by atoms with E-state index >= 15 is 0 Å². The second-order valence-electron chi connectivity index (χ2n) is 9.49. The van der Waals surface area contributed by atoms with E-state index in [2.05, 4.69) is 6.92 Å². The van der Waals surface area contributed by atoms with Crippen molar-refractivity contribution in [2.75, 3.05) is 6.54 Å². The van der Waals surface area contributed by atoms with Gasteiger partial charge in [-0.3, -0.25) is 9.59 Å². The highest BCUT2D eigenvalue weighted by atomic mass is 16.3. The summed E-state index contributed by atoms with van der Waals surface area (Å²) >= 11 is 0. The van der Waals surface area contributed by atoms with Crippen molar-refractivity contribution < 1.29 is 14.7 Å². The fourth-order valence-electron chi connectivity index (χ4n) is 4.41. The quantitative estimate of drug-likeness (QED) is 0.108. The summed E-state index contributed by atoms with van der Waals surface area (Å²) in [6.07, 6.45) is 26.5. The van der Waals surface area contributed by atoms with Crippen molar-refractivity contribution in [2.24, 2.45) is 0 Å². The first-order valence-electron chi connectivity index (χ1n) is 13.1. The lowest BCUT2D eigenvalue weighted by atomic mass is 10.0. The third-order valence-electron chi connectivity index (χ3n) is 6.56. The third-order valence-corrected chi connectivity index (χ3v) is 6.56. The van der Waals surface area contributed by atoms with E-state index in [0.29, 0.717) is 0 Å². The zero-order valence-corrected chi connectivity index (χ0v) is 19.9. The van der Waals surface area contributed by atoms with Gasteiger partial charge in [0.15, 0.2) is 5.78 Å². The highest BCUT2D eigenvalue weighted by Crippen LogP contribution is 2.32. The molecule has 1 saturated heterocycles. The number of Topliss-reactive ketones (excluding diaryl/α,β-unsaturated/α-hetero) is 1. The Morgan fingerprint density at radius 3 is 1.81 bits per heavy atom. The van der Waals surface area contributed by atoms with Crippen molar-refractivity contribution in [1.82, 2.24) is 4.90 Å². The molecule has 31 heavy (non-hydrogen) atoms. The first kappa shape index (κ1) is 25.7. The summed E-state index contributed by atoms with van der Waals surface area (Å²) in [7, 11) is 0. The van der Waals surface area contributed by atoms with Crippen LogP contribution in [0.1, 0.15) is 122 Å². The molecule has 176 valence electrons. The maximum absolute atomic E-state index is 12.3. The monoisotopic (exact) mass is 431 g/mol. The summed E-state index contributed by atoms with van der Waals surface area (Å²) in [6, 6.07) is 0.214. The molecule has 0 spiro atoms. The molecule has 4 nitrogen and oxygen atoms in total. The molecule has 1 saturated carbocycles. The Morgan fingerprint density at radius 1 is 0.839 bits per heavy atom. The molecule has 1 aliphatic carbocycles. The molecule has 0 radical (unpaired) electrons. The number of aliphatic hydroxyl groups is 1. The Morgan fingerprint density at radius 2 is 1.32 bits per heavy atom. The SMILES string of the molecule is CCCCCCCCCCCCCCCCCC=CC(O)=C1C(=O)CN(C2CC2)C1=O. The number of rotatable bonds is 18. The van der Waals surface area contributed by atoms with E-state index in [9.17, 15) is 14.7 Å². The van der Waals surface area contributed by atoms with E-state index in [0.717, 1.165) is 25.7 Å². The summed E-state index contributed by atoms with van der Waals surface area (Å²) in [6.45, 7) is 2.41. The molecule has 0 aromatic heterocycles. The van der Waals surface area contributed by atoms with Gasteiger partial charge in [0, 0.05) is 6.04 Å². The van der Waals surface area contributed by atoms with Gasteiger partial charge >= 0.3 is 0 Å². The van der Waals surface area contributed by atoms with E-state index in [-0.39, 0.29) is 35.6 Å². The van der Waals surface area contributed by atoms with Crippen LogP contribution in [-0.4, -0.2) is 34.3 Å². The highest BCUT2D eigenvalue weighted by Gasteiger charge is 2.43. The van der Waals surface area contributed by atoms with Crippen LogP contribution in [0.25, 0.3) is 0 Å². The minimum Gasteiger partial charge on any atom is -0.507 e. The first-order valence-corrected chi connectivity index (χ1v) is 13.1. The van der Waals surface area contributed by atoms with Gasteiger partial charge in [-0.1, -0.05) is 103 Å². The number of carbonyl (C=O) groups excluding carboxylic acids is 2. The standard InChI is InChI=1S/C27H45NO3/c1-2-3-4-5-6-7-8-9-10-11-12-13-14-15-16-17-18-19-24(29)26-25(30)22-28(27(26)31)23-20-21-23/h18-19,23,29H,2-17,20-22H2,1H3. The molecule has 1 N–H and O–H groups in total. The second-order valence-corrected chi connectivity index (χ2v) is 9.49. The van der Waals surface area contributed by atoms with Crippen LogP contribution in [0, 0.1) is 0 Å². The van der Waals surface area contributed by atoms with Crippen LogP contribution >= 0.6 is 0 Å². The van der Waals surface area contributed by atoms with Crippen molar-refractivity contribution in [3.63, 3.8) is 0 Å². The number of hydrogen-bond acceptors (Lipinski definition) is 3. The van der Waals surface area contributed by atoms with E-state index in [4.69, 9.17) is 0 Å². The summed E-state index contributed by atoms with van der Waals surface area (Å²) < 4.78 is 0. The lowest BCUT2D eigenvalue weighted by Gasteiger charge is -2.11. The number of ketones is 1. The van der Waals surface area contributed by atoms with Crippen molar-refractivity contribution in [3.05, 3.63) is 23.5 Å². The fourth-order valence-corrected chi connectivity index (χ4v) is 4.41. The lowest BCUT2D eigenvalue weighted by molar-refractivity contribution is -0.125. The highest BCUT2D eigenvalue weighted by molar-refractivity contribution is 6.25. The number of carbonyl (C=O) groups is 2. The molecule has 2 aliphatic rings. The summed E-state index contributed by atoms with van der Waals surface area (Å²) in [5.41, 5.74) is -0.0142. The van der Waals surface area contributed by atoms with E-state index in [1.807, 2.05) is 6.08 Å². The molecule has 1 aliphatic heterocycles. The average Bonchev–Trinajstić information content (AvgIpc) is 3.55. The predicted molar refractivity (Wildman–Crippen MR) is 128 cm³/mol. The summed E-state index contributed by atoms with van der Waals surface area (Å²) in [5, 5.41) is 10.2. The van der Waals surface area contributed by atoms with E-state index in [1.54, 1.807) is 11.0 Å². The molecule has 0 aromatic rings. The summed E-state index contributed by atoms with van der Waals surface area (Å²) in [4.78, 5) is 25.9. The number of unbranched alkanes of at least 4 members (excludes halogenated alkanes) is 15. The smallest absolute Gasteiger partial charge is 0.261 e. The van der Waals surface area contributed by atoms with Crippen molar-refractivity contribution in [2.45, 2.75) is 129 Å². The molecule has 0 unspecified atom stereocenters. The van der Waals surface area contributed by atoms with Crippen LogP contribution < -0.4 is 0 Å². The number of nitrogens with zero attached hydrogens (tertiary/aromatic N) is 1. The molecule has 0 bridgehead atoms. The number of likely N-dealkylation sites (tertiary alicyclic amines) is 1. The Labute approximate surface area is 190 Å². The molecule has 4 heteroatoms. The van der Waals surface area contributed by atoms with Crippen LogP contribution in [0.2, 0.25) is 0 Å². The number of aliphatic hydroxyl groups excluding tert-OH is 1. The average molecular weight is 432 g/mol. The molecule has 2 fully saturated rings. The lowest BCUT2D eigenvalue weighted by Crippen LogP contribution is -2.27. The zero-order valence-electron chi connectivity index (χ0n) is 19.9. The van der Waals surface area contributed by atoms with Crippen molar-refractivity contribution >= 4 is 11.7 Å². The van der Waals surface area contributed by atoms with Gasteiger partial charge < -0.3 is 10.0 Å². The minimum atomic E-state index is -0.290. The van der Waals surface area contributed by atoms with Gasteiger partial charge in [-0.15, -0.1) is 0 Å². The molecule has 1 amide bonds. The minimum absolute atomic E-state index is 0.0142. The molecule has 2 rings (SSSR count). The van der Waals surface area contributed by atoms with Gasteiger partial charge in [-0.25, -0.2) is 0 Å². The molecule has 0 atom stereocenters. The Hall–Kier alpha value is -1.58. The molecule has 1 heterocycles. The molecule has 0 aromatic carbocycles. The topological polar surface area (TPSA) is 57.6 Å². The molecular weight excluding hydrogens is 386 g/mol. The second kappa shape index (κ2) is 15.3. The van der Waals surface area contributed by atoms with Crippen LogP contribution in [0.4, 0.5) is 0 Å². The normalized spacial score (nSPS) is 18.5. The molecular formula is C27H45NO3. The Kier molecular flexibility index (Phi) is 12.6. The maximum Gasteiger partial charge on any atom is 0.261 e. The van der Waals surface area contributed by atoms with Gasteiger partial charge in [0.25, 0.3) is 5.91 Å². The van der Waals surface area contributed by atoms with Gasteiger partial charge in [0.05, 0.1) is 6.54 Å². The van der Waals surface area contributed by atoms with Crippen LogP contribution in [0.5, 0.6) is 0 Å². The van der Waals surface area contributed by atoms with E-state index in [1.165, 1.54) is 89.9 Å².